The Kier molecular flexibility index (Phi) is 2.20. The number of rotatable bonds is 1. The van der Waals surface area contributed by atoms with Gasteiger partial charge in [-0.2, -0.15) is 5.26 Å². The van der Waals surface area contributed by atoms with Gasteiger partial charge >= 0.3 is 0 Å². The third-order valence-electron chi connectivity index (χ3n) is 1.58. The minimum atomic E-state index is 0.122. The van der Waals surface area contributed by atoms with E-state index in [1.54, 1.807) is 12.1 Å². The second kappa shape index (κ2) is 3.14. The first-order valence-corrected chi connectivity index (χ1v) is 3.55. The summed E-state index contributed by atoms with van der Waals surface area (Å²) in [5.41, 5.74) is 1.30. The second-order valence-corrected chi connectivity index (χ2v) is 2.71. The maximum atomic E-state index is 9.08. The van der Waals surface area contributed by atoms with Crippen LogP contribution in [0.25, 0.3) is 0 Å². The summed E-state index contributed by atoms with van der Waals surface area (Å²) in [5, 5.41) is 17.8. The molecule has 0 heterocycles. The van der Waals surface area contributed by atoms with E-state index < -0.39 is 0 Å². The first kappa shape index (κ1) is 8.41. The minimum absolute atomic E-state index is 0.122. The van der Waals surface area contributed by atoms with E-state index in [1.807, 2.05) is 25.1 Å². The molecule has 1 aromatic carbocycles. The lowest BCUT2D eigenvalue weighted by Gasteiger charge is -2.13. The highest BCUT2D eigenvalue weighted by Crippen LogP contribution is 2.21. The summed E-state index contributed by atoms with van der Waals surface area (Å²) in [4.78, 5) is 1.83. The van der Waals surface area contributed by atoms with Crippen LogP contribution < -0.4 is 4.90 Å². The van der Waals surface area contributed by atoms with E-state index in [1.165, 1.54) is 6.07 Å². The SMILES string of the molecule is CN(C)c1ccc(O)cc1C#N. The van der Waals surface area contributed by atoms with Crippen LogP contribution in [0.15, 0.2) is 18.2 Å². The van der Waals surface area contributed by atoms with Gasteiger partial charge in [-0.3, -0.25) is 0 Å². The first-order valence-electron chi connectivity index (χ1n) is 3.55. The maximum Gasteiger partial charge on any atom is 0.117 e. The molecule has 0 radical (unpaired) electrons. The van der Waals surface area contributed by atoms with Gasteiger partial charge in [-0.1, -0.05) is 0 Å². The van der Waals surface area contributed by atoms with Gasteiger partial charge in [0.05, 0.1) is 11.3 Å². The van der Waals surface area contributed by atoms with Crippen LogP contribution in [0, 0.1) is 11.3 Å². The highest BCUT2D eigenvalue weighted by Gasteiger charge is 2.03. The average molecular weight is 162 g/mol. The van der Waals surface area contributed by atoms with Crippen molar-refractivity contribution in [2.45, 2.75) is 0 Å². The Balaban J connectivity index is 3.23. The lowest BCUT2D eigenvalue weighted by atomic mass is 10.2. The molecule has 0 atom stereocenters. The van der Waals surface area contributed by atoms with Crippen LogP contribution in [-0.4, -0.2) is 19.2 Å². The van der Waals surface area contributed by atoms with Crippen molar-refractivity contribution >= 4 is 5.69 Å². The molecule has 3 heteroatoms. The summed E-state index contributed by atoms with van der Waals surface area (Å²) in [5.74, 6) is 0.122. The molecule has 3 nitrogen and oxygen atoms in total. The molecule has 12 heavy (non-hydrogen) atoms. The van der Waals surface area contributed by atoms with Crippen LogP contribution in [0.2, 0.25) is 0 Å². The Bertz CT molecular complexity index is 326. The molecule has 1 N–H and O–H groups in total. The van der Waals surface area contributed by atoms with Gasteiger partial charge in [0.15, 0.2) is 0 Å². The first-order chi connectivity index (χ1) is 5.65. The van der Waals surface area contributed by atoms with Crippen molar-refractivity contribution in [3.8, 4) is 11.8 Å². The summed E-state index contributed by atoms with van der Waals surface area (Å²) >= 11 is 0. The van der Waals surface area contributed by atoms with Crippen molar-refractivity contribution in [2.24, 2.45) is 0 Å². The number of aromatic hydroxyl groups is 1. The van der Waals surface area contributed by atoms with Crippen molar-refractivity contribution in [3.63, 3.8) is 0 Å². The lowest BCUT2D eigenvalue weighted by Crippen LogP contribution is -2.09. The zero-order valence-corrected chi connectivity index (χ0v) is 7.07. The largest absolute Gasteiger partial charge is 0.508 e. The van der Waals surface area contributed by atoms with Gasteiger partial charge in [-0.25, -0.2) is 0 Å². The molecular weight excluding hydrogens is 152 g/mol. The molecule has 0 fully saturated rings. The molecule has 0 aliphatic heterocycles. The van der Waals surface area contributed by atoms with E-state index in [0.29, 0.717) is 5.56 Å². The number of anilines is 1. The third-order valence-corrected chi connectivity index (χ3v) is 1.58. The molecule has 0 aliphatic rings. The summed E-state index contributed by atoms with van der Waals surface area (Å²) in [6, 6.07) is 6.75. The van der Waals surface area contributed by atoms with E-state index in [9.17, 15) is 0 Å². The van der Waals surface area contributed by atoms with E-state index in [-0.39, 0.29) is 5.75 Å². The van der Waals surface area contributed by atoms with Crippen molar-refractivity contribution < 1.29 is 5.11 Å². The zero-order valence-electron chi connectivity index (χ0n) is 7.07. The smallest absolute Gasteiger partial charge is 0.117 e. The highest BCUT2D eigenvalue weighted by molar-refractivity contribution is 5.60. The van der Waals surface area contributed by atoms with Gasteiger partial charge in [0.25, 0.3) is 0 Å². The zero-order chi connectivity index (χ0) is 9.14. The van der Waals surface area contributed by atoms with Gasteiger partial charge in [0.1, 0.15) is 11.8 Å². The molecule has 0 bridgehead atoms. The molecule has 0 aromatic heterocycles. The number of phenolic OH excluding ortho intramolecular Hbond substituents is 1. The molecule has 1 aromatic rings. The van der Waals surface area contributed by atoms with E-state index in [0.717, 1.165) is 5.69 Å². The molecule has 0 saturated carbocycles. The van der Waals surface area contributed by atoms with Crippen LogP contribution in [0.5, 0.6) is 5.75 Å². The predicted molar refractivity (Wildman–Crippen MR) is 47.1 cm³/mol. The quantitative estimate of drug-likeness (QED) is 0.677. The van der Waals surface area contributed by atoms with Gasteiger partial charge in [0, 0.05) is 14.1 Å². The Morgan fingerprint density at radius 2 is 2.08 bits per heavy atom. The van der Waals surface area contributed by atoms with Crippen LogP contribution >= 0.6 is 0 Å². The summed E-state index contributed by atoms with van der Waals surface area (Å²) < 4.78 is 0. The van der Waals surface area contributed by atoms with Gasteiger partial charge < -0.3 is 10.0 Å². The van der Waals surface area contributed by atoms with Crippen LogP contribution in [0.1, 0.15) is 5.56 Å². The van der Waals surface area contributed by atoms with Crippen LogP contribution in [0.4, 0.5) is 5.69 Å². The standard InChI is InChI=1S/C9H10N2O/c1-11(2)9-4-3-8(12)5-7(9)6-10/h3-5,12H,1-2H3. The Morgan fingerprint density at radius 3 is 2.58 bits per heavy atom. The van der Waals surface area contributed by atoms with Gasteiger partial charge in [0.2, 0.25) is 0 Å². The molecule has 62 valence electrons. The fourth-order valence-electron chi connectivity index (χ4n) is 1.00. The Morgan fingerprint density at radius 1 is 1.42 bits per heavy atom. The van der Waals surface area contributed by atoms with Crippen molar-refractivity contribution in [3.05, 3.63) is 23.8 Å². The predicted octanol–water partition coefficient (Wildman–Crippen LogP) is 1.33. The number of nitriles is 1. The van der Waals surface area contributed by atoms with Crippen molar-refractivity contribution in [2.75, 3.05) is 19.0 Å². The fraction of sp³-hybridized carbons (Fsp3) is 0.222. The summed E-state index contributed by atoms with van der Waals surface area (Å²) in [6.07, 6.45) is 0. The summed E-state index contributed by atoms with van der Waals surface area (Å²) in [7, 11) is 3.71. The van der Waals surface area contributed by atoms with Crippen molar-refractivity contribution in [1.82, 2.24) is 0 Å². The fourth-order valence-corrected chi connectivity index (χ4v) is 1.00. The summed E-state index contributed by atoms with van der Waals surface area (Å²) in [6.45, 7) is 0. The highest BCUT2D eigenvalue weighted by atomic mass is 16.3. The van der Waals surface area contributed by atoms with E-state index >= 15 is 0 Å². The van der Waals surface area contributed by atoms with Crippen LogP contribution in [-0.2, 0) is 0 Å². The van der Waals surface area contributed by atoms with Crippen LogP contribution in [0.3, 0.4) is 0 Å². The topological polar surface area (TPSA) is 47.3 Å². The molecule has 0 spiro atoms. The molecule has 1 rings (SSSR count). The second-order valence-electron chi connectivity index (χ2n) is 2.71. The number of hydrogen-bond acceptors (Lipinski definition) is 3. The number of nitrogens with zero attached hydrogens (tertiary/aromatic N) is 2. The normalized spacial score (nSPS) is 9.08. The third kappa shape index (κ3) is 1.48. The molecule has 0 saturated heterocycles. The number of benzene rings is 1. The van der Waals surface area contributed by atoms with Crippen molar-refractivity contribution in [1.29, 1.82) is 5.26 Å². The van der Waals surface area contributed by atoms with Gasteiger partial charge in [-0.05, 0) is 18.2 Å². The average Bonchev–Trinajstić information content (AvgIpc) is 2.03. The number of hydrogen-bond donors (Lipinski definition) is 1. The van der Waals surface area contributed by atoms with E-state index in [2.05, 4.69) is 0 Å². The lowest BCUT2D eigenvalue weighted by molar-refractivity contribution is 0.475. The maximum absolute atomic E-state index is 9.08. The van der Waals surface area contributed by atoms with Gasteiger partial charge in [-0.15, -0.1) is 0 Å². The molecule has 0 aliphatic carbocycles. The Hall–Kier alpha value is -1.69. The molecule has 0 unspecified atom stereocenters. The monoisotopic (exact) mass is 162 g/mol. The minimum Gasteiger partial charge on any atom is -0.508 e. The molecule has 0 amide bonds. The molecular formula is C9H10N2O. The van der Waals surface area contributed by atoms with E-state index in [4.69, 9.17) is 10.4 Å². The Labute approximate surface area is 71.5 Å². The number of phenols is 1.